The maximum absolute atomic E-state index is 11.1. The van der Waals surface area contributed by atoms with Crippen LogP contribution in [-0.2, 0) is 9.53 Å². The number of rotatable bonds is 6. The van der Waals surface area contributed by atoms with Gasteiger partial charge in [-0.3, -0.25) is 4.79 Å². The Labute approximate surface area is 147 Å². The number of nitrogens with one attached hydrogen (secondary N) is 2. The minimum Gasteiger partial charge on any atom is -0.495 e. The highest BCUT2D eigenvalue weighted by Crippen LogP contribution is 2.30. The summed E-state index contributed by atoms with van der Waals surface area (Å²) in [4.78, 5) is 11.1. The molecule has 0 heterocycles. The molecule has 0 bridgehead atoms. The molecule has 0 aromatic heterocycles. The standard InChI is InChI=1S/C18H20N2O3S/c1-22-16-9-8-14(13-6-4-3-5-7-13)12-15(16)20-18(24)19-11-10-17(21)23-2/h3-9,12H,10-11H2,1-2H3,(H2,19,20,24). The third-order valence-corrected chi connectivity index (χ3v) is 3.64. The lowest BCUT2D eigenvalue weighted by molar-refractivity contribution is -0.140. The summed E-state index contributed by atoms with van der Waals surface area (Å²) in [6.07, 6.45) is 0.250. The molecule has 0 aliphatic rings. The molecule has 0 unspecified atom stereocenters. The predicted octanol–water partition coefficient (Wildman–Crippen LogP) is 3.21. The molecule has 2 rings (SSSR count). The van der Waals surface area contributed by atoms with Crippen LogP contribution in [0, 0.1) is 0 Å². The van der Waals surface area contributed by atoms with Crippen molar-refractivity contribution in [2.24, 2.45) is 0 Å². The van der Waals surface area contributed by atoms with E-state index in [0.29, 0.717) is 17.4 Å². The summed E-state index contributed by atoms with van der Waals surface area (Å²) in [6.45, 7) is 0.402. The van der Waals surface area contributed by atoms with Crippen molar-refractivity contribution < 1.29 is 14.3 Å². The molecule has 5 nitrogen and oxygen atoms in total. The van der Waals surface area contributed by atoms with Gasteiger partial charge >= 0.3 is 5.97 Å². The molecule has 24 heavy (non-hydrogen) atoms. The van der Waals surface area contributed by atoms with Gasteiger partial charge in [-0.05, 0) is 35.5 Å². The maximum Gasteiger partial charge on any atom is 0.307 e. The second kappa shape index (κ2) is 8.88. The van der Waals surface area contributed by atoms with Gasteiger partial charge in [0, 0.05) is 6.54 Å². The van der Waals surface area contributed by atoms with Crippen LogP contribution in [0.4, 0.5) is 5.69 Å². The van der Waals surface area contributed by atoms with Crippen LogP contribution in [0.15, 0.2) is 48.5 Å². The smallest absolute Gasteiger partial charge is 0.307 e. The minimum atomic E-state index is -0.283. The number of ether oxygens (including phenoxy) is 2. The summed E-state index contributed by atoms with van der Waals surface area (Å²) in [5, 5.41) is 6.50. The zero-order chi connectivity index (χ0) is 17.4. The third kappa shape index (κ3) is 4.96. The molecule has 126 valence electrons. The van der Waals surface area contributed by atoms with Gasteiger partial charge in [-0.15, -0.1) is 0 Å². The fourth-order valence-corrected chi connectivity index (χ4v) is 2.37. The lowest BCUT2D eigenvalue weighted by atomic mass is 10.0. The van der Waals surface area contributed by atoms with Crippen molar-refractivity contribution >= 4 is 29.0 Å². The maximum atomic E-state index is 11.1. The summed E-state index contributed by atoms with van der Waals surface area (Å²) >= 11 is 5.26. The highest BCUT2D eigenvalue weighted by Gasteiger charge is 2.08. The number of carbonyl (C=O) groups is 1. The number of benzene rings is 2. The molecule has 0 saturated heterocycles. The first-order valence-electron chi connectivity index (χ1n) is 7.49. The predicted molar refractivity (Wildman–Crippen MR) is 99.3 cm³/mol. The lowest BCUT2D eigenvalue weighted by Gasteiger charge is -2.14. The van der Waals surface area contributed by atoms with Crippen molar-refractivity contribution in [3.63, 3.8) is 0 Å². The van der Waals surface area contributed by atoms with Crippen LogP contribution in [0.2, 0.25) is 0 Å². The molecule has 2 aromatic carbocycles. The van der Waals surface area contributed by atoms with Crippen LogP contribution >= 0.6 is 12.2 Å². The Morgan fingerprint density at radius 2 is 1.83 bits per heavy atom. The van der Waals surface area contributed by atoms with Crippen LogP contribution in [0.5, 0.6) is 5.75 Å². The number of carbonyl (C=O) groups excluding carboxylic acids is 1. The Kier molecular flexibility index (Phi) is 6.57. The van der Waals surface area contributed by atoms with Crippen LogP contribution < -0.4 is 15.4 Å². The van der Waals surface area contributed by atoms with E-state index in [0.717, 1.165) is 16.8 Å². The zero-order valence-electron chi connectivity index (χ0n) is 13.7. The highest BCUT2D eigenvalue weighted by atomic mass is 32.1. The SMILES string of the molecule is COC(=O)CCNC(=S)Nc1cc(-c2ccccc2)ccc1OC. The van der Waals surface area contributed by atoms with Crippen LogP contribution in [0.1, 0.15) is 6.42 Å². The number of thiocarbonyl (C=S) groups is 1. The van der Waals surface area contributed by atoms with Crippen LogP contribution in [0.3, 0.4) is 0 Å². The molecule has 0 saturated carbocycles. The Bertz CT molecular complexity index is 705. The largest absolute Gasteiger partial charge is 0.495 e. The van der Waals surface area contributed by atoms with Gasteiger partial charge in [0.25, 0.3) is 0 Å². The van der Waals surface area contributed by atoms with Gasteiger partial charge in [0.05, 0.1) is 26.3 Å². The molecular weight excluding hydrogens is 324 g/mol. The van der Waals surface area contributed by atoms with Crippen LogP contribution in [-0.4, -0.2) is 31.8 Å². The molecule has 2 N–H and O–H groups in total. The van der Waals surface area contributed by atoms with E-state index in [1.165, 1.54) is 7.11 Å². The van der Waals surface area contributed by atoms with E-state index in [4.69, 9.17) is 17.0 Å². The summed E-state index contributed by atoms with van der Waals surface area (Å²) in [5.74, 6) is 0.403. The summed E-state index contributed by atoms with van der Waals surface area (Å²) < 4.78 is 9.96. The van der Waals surface area contributed by atoms with Gasteiger partial charge < -0.3 is 20.1 Å². The average molecular weight is 344 g/mol. The van der Waals surface area contributed by atoms with E-state index in [2.05, 4.69) is 15.4 Å². The Morgan fingerprint density at radius 1 is 1.08 bits per heavy atom. The summed E-state index contributed by atoms with van der Waals surface area (Å²) in [5.41, 5.74) is 2.92. The molecule has 0 aliphatic heterocycles. The fourth-order valence-electron chi connectivity index (χ4n) is 2.16. The van der Waals surface area contributed by atoms with Crippen molar-refractivity contribution in [1.82, 2.24) is 5.32 Å². The van der Waals surface area contributed by atoms with E-state index >= 15 is 0 Å². The second-order valence-corrected chi connectivity index (χ2v) is 5.40. The Balaban J connectivity index is 2.08. The van der Waals surface area contributed by atoms with E-state index in [9.17, 15) is 4.79 Å². The van der Waals surface area contributed by atoms with Gasteiger partial charge in [0.1, 0.15) is 5.75 Å². The van der Waals surface area contributed by atoms with Gasteiger partial charge in [-0.2, -0.15) is 0 Å². The molecular formula is C18H20N2O3S. The van der Waals surface area contributed by atoms with Crippen LogP contribution in [0.25, 0.3) is 11.1 Å². The van der Waals surface area contributed by atoms with E-state index in [1.54, 1.807) is 7.11 Å². The molecule has 0 radical (unpaired) electrons. The molecule has 0 amide bonds. The normalized spacial score (nSPS) is 9.92. The van der Waals surface area contributed by atoms with Crippen molar-refractivity contribution in [3.8, 4) is 16.9 Å². The number of anilines is 1. The van der Waals surface area contributed by atoms with Crippen molar-refractivity contribution in [2.45, 2.75) is 6.42 Å². The molecule has 0 aliphatic carbocycles. The fraction of sp³-hybridized carbons (Fsp3) is 0.222. The topological polar surface area (TPSA) is 59.6 Å². The second-order valence-electron chi connectivity index (χ2n) is 4.99. The number of esters is 1. The molecule has 6 heteroatoms. The molecule has 0 fully saturated rings. The average Bonchev–Trinajstić information content (AvgIpc) is 2.62. The highest BCUT2D eigenvalue weighted by molar-refractivity contribution is 7.80. The Morgan fingerprint density at radius 3 is 2.50 bits per heavy atom. The summed E-state index contributed by atoms with van der Waals surface area (Å²) in [6, 6.07) is 15.9. The van der Waals surface area contributed by atoms with Gasteiger partial charge in [-0.25, -0.2) is 0 Å². The number of hydrogen-bond acceptors (Lipinski definition) is 4. The van der Waals surface area contributed by atoms with E-state index < -0.39 is 0 Å². The van der Waals surface area contributed by atoms with Crippen molar-refractivity contribution in [3.05, 3.63) is 48.5 Å². The molecule has 2 aromatic rings. The van der Waals surface area contributed by atoms with E-state index in [1.807, 2.05) is 48.5 Å². The van der Waals surface area contributed by atoms with Gasteiger partial charge in [0.15, 0.2) is 5.11 Å². The van der Waals surface area contributed by atoms with Crippen molar-refractivity contribution in [1.29, 1.82) is 0 Å². The van der Waals surface area contributed by atoms with Crippen molar-refractivity contribution in [2.75, 3.05) is 26.1 Å². The van der Waals surface area contributed by atoms with Gasteiger partial charge in [0.2, 0.25) is 0 Å². The summed E-state index contributed by atoms with van der Waals surface area (Å²) in [7, 11) is 2.97. The number of hydrogen-bond donors (Lipinski definition) is 2. The minimum absolute atomic E-state index is 0.250. The number of methoxy groups -OCH3 is 2. The molecule has 0 spiro atoms. The zero-order valence-corrected chi connectivity index (χ0v) is 14.5. The quantitative estimate of drug-likeness (QED) is 0.620. The first kappa shape index (κ1) is 17.7. The van der Waals surface area contributed by atoms with Gasteiger partial charge in [-0.1, -0.05) is 36.4 Å². The first-order valence-corrected chi connectivity index (χ1v) is 7.90. The van der Waals surface area contributed by atoms with E-state index in [-0.39, 0.29) is 12.4 Å². The first-order chi connectivity index (χ1) is 11.6. The third-order valence-electron chi connectivity index (χ3n) is 3.40. The monoisotopic (exact) mass is 344 g/mol. The lowest BCUT2D eigenvalue weighted by Crippen LogP contribution is -2.30. The molecule has 0 atom stereocenters. The Hall–Kier alpha value is -2.60.